The summed E-state index contributed by atoms with van der Waals surface area (Å²) in [5.74, 6) is 0. The van der Waals surface area contributed by atoms with E-state index in [-0.39, 0.29) is 0 Å². The Balaban J connectivity index is 2.22. The van der Waals surface area contributed by atoms with Crippen LogP contribution in [0, 0.1) is 0 Å². The number of halogens is 1. The van der Waals surface area contributed by atoms with E-state index in [9.17, 15) is 0 Å². The fraction of sp³-hybridized carbons (Fsp3) is 0. The van der Waals surface area contributed by atoms with Crippen molar-refractivity contribution in [1.29, 1.82) is 0 Å². The molecule has 0 atom stereocenters. The van der Waals surface area contributed by atoms with Crippen molar-refractivity contribution in [2.75, 3.05) is 0 Å². The van der Waals surface area contributed by atoms with Crippen LogP contribution in [-0.4, -0.2) is 14.5 Å². The van der Waals surface area contributed by atoms with Crippen LogP contribution in [0.2, 0.25) is 0 Å². The molecule has 0 fully saturated rings. The Labute approximate surface area is 124 Å². The van der Waals surface area contributed by atoms with Gasteiger partial charge in [-0.25, -0.2) is 9.97 Å². The highest BCUT2D eigenvalue weighted by molar-refractivity contribution is 9.10. The molecule has 0 aliphatic heterocycles. The summed E-state index contributed by atoms with van der Waals surface area (Å²) in [5.41, 5.74) is 4.23. The highest BCUT2D eigenvalue weighted by atomic mass is 79.9. The monoisotopic (exact) mass is 323 g/mol. The number of fused-ring (bicyclic) bond motifs is 3. The van der Waals surface area contributed by atoms with E-state index in [1.807, 2.05) is 36.5 Å². The molecular formula is C16H10BrN3. The molecule has 0 saturated carbocycles. The molecule has 0 aliphatic carbocycles. The molecule has 0 amide bonds. The number of benzene rings is 2. The predicted molar refractivity (Wildman–Crippen MR) is 84.1 cm³/mol. The molecule has 4 heteroatoms. The molecule has 2 heterocycles. The van der Waals surface area contributed by atoms with Crippen LogP contribution in [0.4, 0.5) is 0 Å². The zero-order chi connectivity index (χ0) is 13.5. The minimum Gasteiger partial charge on any atom is -0.306 e. The van der Waals surface area contributed by atoms with Gasteiger partial charge in [0, 0.05) is 11.1 Å². The largest absolute Gasteiger partial charge is 0.306 e. The first kappa shape index (κ1) is 11.6. The topological polar surface area (TPSA) is 30.7 Å². The van der Waals surface area contributed by atoms with Gasteiger partial charge in [-0.2, -0.15) is 0 Å². The van der Waals surface area contributed by atoms with Crippen molar-refractivity contribution in [3.63, 3.8) is 0 Å². The van der Waals surface area contributed by atoms with Gasteiger partial charge in [0.25, 0.3) is 0 Å². The number of hydrogen-bond donors (Lipinski definition) is 0. The molecule has 2 aromatic heterocycles. The summed E-state index contributed by atoms with van der Waals surface area (Å²) in [7, 11) is 0. The van der Waals surface area contributed by atoms with Crippen molar-refractivity contribution in [2.24, 2.45) is 0 Å². The Bertz CT molecular complexity index is 913. The summed E-state index contributed by atoms with van der Waals surface area (Å²) >= 11 is 3.35. The minimum absolute atomic E-state index is 0.612. The zero-order valence-corrected chi connectivity index (χ0v) is 12.1. The SMILES string of the molecule is Brc1ncc2c(n1)c1ccccc1n2-c1ccccc1. The zero-order valence-electron chi connectivity index (χ0n) is 10.5. The molecule has 0 bridgehead atoms. The number of hydrogen-bond acceptors (Lipinski definition) is 2. The van der Waals surface area contributed by atoms with Crippen molar-refractivity contribution >= 4 is 37.9 Å². The average Bonchev–Trinajstić information content (AvgIpc) is 2.82. The van der Waals surface area contributed by atoms with Gasteiger partial charge in [-0.15, -0.1) is 0 Å². The highest BCUT2D eigenvalue weighted by Gasteiger charge is 2.13. The Morgan fingerprint density at radius 2 is 1.60 bits per heavy atom. The first-order chi connectivity index (χ1) is 9.84. The number of rotatable bonds is 1. The van der Waals surface area contributed by atoms with Gasteiger partial charge in [0.2, 0.25) is 0 Å². The van der Waals surface area contributed by atoms with Crippen molar-refractivity contribution in [1.82, 2.24) is 14.5 Å². The van der Waals surface area contributed by atoms with Crippen LogP contribution >= 0.6 is 15.9 Å². The second-order valence-electron chi connectivity index (χ2n) is 4.56. The first-order valence-electron chi connectivity index (χ1n) is 6.32. The summed E-state index contributed by atoms with van der Waals surface area (Å²) in [6.07, 6.45) is 1.86. The molecule has 0 spiro atoms. The van der Waals surface area contributed by atoms with E-state index in [1.165, 1.54) is 0 Å². The molecule has 4 aromatic rings. The summed E-state index contributed by atoms with van der Waals surface area (Å²) in [5, 5.41) is 1.13. The van der Waals surface area contributed by atoms with E-state index in [0.717, 1.165) is 27.6 Å². The van der Waals surface area contributed by atoms with Crippen molar-refractivity contribution in [3.05, 3.63) is 65.5 Å². The molecule has 4 rings (SSSR count). The van der Waals surface area contributed by atoms with E-state index in [0.29, 0.717) is 4.73 Å². The second kappa shape index (κ2) is 4.42. The van der Waals surface area contributed by atoms with Crippen LogP contribution < -0.4 is 0 Å². The summed E-state index contributed by atoms with van der Waals surface area (Å²) in [6.45, 7) is 0. The van der Waals surface area contributed by atoms with E-state index < -0.39 is 0 Å². The maximum Gasteiger partial charge on any atom is 0.197 e. The molecule has 0 saturated heterocycles. The number of para-hydroxylation sites is 2. The van der Waals surface area contributed by atoms with Gasteiger partial charge in [-0.05, 0) is 34.1 Å². The van der Waals surface area contributed by atoms with Gasteiger partial charge in [0.1, 0.15) is 5.52 Å². The fourth-order valence-electron chi connectivity index (χ4n) is 2.57. The lowest BCUT2D eigenvalue weighted by Gasteiger charge is -2.06. The van der Waals surface area contributed by atoms with Gasteiger partial charge in [0.05, 0.1) is 17.2 Å². The van der Waals surface area contributed by atoms with E-state index in [1.54, 1.807) is 0 Å². The molecule has 0 radical (unpaired) electrons. The fourth-order valence-corrected chi connectivity index (χ4v) is 2.85. The van der Waals surface area contributed by atoms with E-state index >= 15 is 0 Å². The third-order valence-corrected chi connectivity index (χ3v) is 3.78. The Hall–Kier alpha value is -2.20. The van der Waals surface area contributed by atoms with Crippen LogP contribution in [0.25, 0.3) is 27.6 Å². The molecule has 0 unspecified atom stereocenters. The van der Waals surface area contributed by atoms with E-state index in [4.69, 9.17) is 0 Å². The second-order valence-corrected chi connectivity index (χ2v) is 5.27. The van der Waals surface area contributed by atoms with Gasteiger partial charge in [-0.3, -0.25) is 0 Å². The average molecular weight is 324 g/mol. The van der Waals surface area contributed by atoms with Gasteiger partial charge in [0.15, 0.2) is 4.73 Å². The smallest absolute Gasteiger partial charge is 0.197 e. The van der Waals surface area contributed by atoms with Crippen LogP contribution in [0.3, 0.4) is 0 Å². The van der Waals surface area contributed by atoms with Crippen LogP contribution in [0.5, 0.6) is 0 Å². The molecule has 0 N–H and O–H groups in total. The number of aromatic nitrogens is 3. The lowest BCUT2D eigenvalue weighted by Crippen LogP contribution is -1.93. The van der Waals surface area contributed by atoms with Crippen LogP contribution in [0.15, 0.2) is 65.5 Å². The molecule has 0 aliphatic rings. The highest BCUT2D eigenvalue weighted by Crippen LogP contribution is 2.30. The van der Waals surface area contributed by atoms with E-state index in [2.05, 4.69) is 54.7 Å². The van der Waals surface area contributed by atoms with Crippen molar-refractivity contribution < 1.29 is 0 Å². The van der Waals surface area contributed by atoms with Crippen molar-refractivity contribution in [3.8, 4) is 5.69 Å². The maximum absolute atomic E-state index is 4.53. The lowest BCUT2D eigenvalue weighted by molar-refractivity contribution is 1.12. The first-order valence-corrected chi connectivity index (χ1v) is 7.11. The maximum atomic E-state index is 4.53. The molecular weight excluding hydrogens is 314 g/mol. The summed E-state index contributed by atoms with van der Waals surface area (Å²) in [6, 6.07) is 18.6. The van der Waals surface area contributed by atoms with Crippen LogP contribution in [0.1, 0.15) is 0 Å². The Morgan fingerprint density at radius 3 is 2.45 bits per heavy atom. The molecule has 2 aromatic carbocycles. The standard InChI is InChI=1S/C16H10BrN3/c17-16-18-10-14-15(19-16)12-8-4-5-9-13(12)20(14)11-6-2-1-3-7-11/h1-10H. The predicted octanol–water partition coefficient (Wildman–Crippen LogP) is 4.34. The van der Waals surface area contributed by atoms with Crippen LogP contribution in [-0.2, 0) is 0 Å². The molecule has 96 valence electrons. The Morgan fingerprint density at radius 1 is 0.850 bits per heavy atom. The lowest BCUT2D eigenvalue weighted by atomic mass is 10.2. The third kappa shape index (κ3) is 1.65. The molecule has 3 nitrogen and oxygen atoms in total. The van der Waals surface area contributed by atoms with Gasteiger partial charge >= 0.3 is 0 Å². The van der Waals surface area contributed by atoms with Gasteiger partial charge < -0.3 is 4.57 Å². The minimum atomic E-state index is 0.612. The summed E-state index contributed by atoms with van der Waals surface area (Å²) < 4.78 is 2.80. The molecule has 20 heavy (non-hydrogen) atoms. The normalized spacial score (nSPS) is 11.2. The quantitative estimate of drug-likeness (QED) is 0.488. The Kier molecular flexibility index (Phi) is 2.57. The summed E-state index contributed by atoms with van der Waals surface area (Å²) in [4.78, 5) is 8.81. The van der Waals surface area contributed by atoms with Crippen molar-refractivity contribution in [2.45, 2.75) is 0 Å². The number of nitrogens with zero attached hydrogens (tertiary/aromatic N) is 3. The third-order valence-electron chi connectivity index (χ3n) is 3.40. The van der Waals surface area contributed by atoms with Gasteiger partial charge in [-0.1, -0.05) is 36.4 Å².